The molecule has 0 spiro atoms. The summed E-state index contributed by atoms with van der Waals surface area (Å²) in [5.74, 6) is 2.62. The van der Waals surface area contributed by atoms with Gasteiger partial charge in [0.25, 0.3) is 0 Å². The zero-order valence-electron chi connectivity index (χ0n) is 7.41. The summed E-state index contributed by atoms with van der Waals surface area (Å²) >= 11 is 0. The fourth-order valence-corrected chi connectivity index (χ4v) is 1.42. The number of rotatable bonds is 0. The van der Waals surface area contributed by atoms with Crippen LogP contribution in [-0.2, 0) is 0 Å². The predicted octanol–water partition coefficient (Wildman–Crippen LogP) is 2.52. The average Bonchev–Trinajstić information content (AvgIpc) is 2.18. The topological polar surface area (TPSA) is 12.9 Å². The molecule has 0 aliphatic heterocycles. The molecule has 0 amide bonds. The maximum Gasteiger partial charge on any atom is 0.0450 e. The van der Waals surface area contributed by atoms with E-state index in [1.165, 1.54) is 5.39 Å². The minimum Gasteiger partial charge on any atom is -0.261 e. The second-order valence-electron chi connectivity index (χ2n) is 2.98. The third kappa shape index (κ3) is 1.27. The Morgan fingerprint density at radius 1 is 1.31 bits per heavy atom. The molecular weight excluding hydrogens is 158 g/mol. The summed E-state index contributed by atoms with van der Waals surface area (Å²) in [6.45, 7) is 2.00. The number of nitrogens with zero attached hydrogens (tertiary/aromatic N) is 1. The summed E-state index contributed by atoms with van der Waals surface area (Å²) < 4.78 is 0. The molecule has 1 heterocycles. The van der Waals surface area contributed by atoms with Crippen LogP contribution in [0.2, 0.25) is 0 Å². The summed E-state index contributed by atoms with van der Waals surface area (Å²) in [5, 5.41) is 2.32. The van der Waals surface area contributed by atoms with E-state index >= 15 is 0 Å². The van der Waals surface area contributed by atoms with Gasteiger partial charge in [-0.05, 0) is 30.5 Å². The Morgan fingerprint density at radius 2 is 2.15 bits per heavy atom. The quantitative estimate of drug-likeness (QED) is 0.549. The van der Waals surface area contributed by atoms with E-state index in [-0.39, 0.29) is 0 Å². The minimum atomic E-state index is 0.915. The molecule has 1 aromatic heterocycles. The average molecular weight is 167 g/mol. The van der Waals surface area contributed by atoms with Gasteiger partial charge in [0, 0.05) is 22.8 Å². The molecular formula is C12H9N. The van der Waals surface area contributed by atoms with Crippen molar-refractivity contribution in [1.29, 1.82) is 0 Å². The maximum absolute atomic E-state index is 5.31. The highest BCUT2D eigenvalue weighted by Crippen LogP contribution is 2.17. The monoisotopic (exact) mass is 167 g/mol. The van der Waals surface area contributed by atoms with E-state index in [1.54, 1.807) is 6.20 Å². The molecule has 0 bridgehead atoms. The molecule has 2 aromatic rings. The highest BCUT2D eigenvalue weighted by atomic mass is 14.7. The van der Waals surface area contributed by atoms with E-state index in [1.807, 2.05) is 31.2 Å². The lowest BCUT2D eigenvalue weighted by atomic mass is 10.1. The molecule has 0 aliphatic rings. The first-order valence-electron chi connectivity index (χ1n) is 4.13. The Hall–Kier alpha value is -1.81. The van der Waals surface area contributed by atoms with Crippen molar-refractivity contribution in [2.75, 3.05) is 0 Å². The maximum atomic E-state index is 5.31. The van der Waals surface area contributed by atoms with Crippen LogP contribution in [0.4, 0.5) is 0 Å². The van der Waals surface area contributed by atoms with E-state index in [0.717, 1.165) is 16.6 Å². The van der Waals surface area contributed by atoms with Gasteiger partial charge < -0.3 is 0 Å². The van der Waals surface area contributed by atoms with Gasteiger partial charge in [-0.1, -0.05) is 12.0 Å². The fraction of sp³-hybridized carbons (Fsp3) is 0.0833. The lowest BCUT2D eigenvalue weighted by Crippen LogP contribution is -1.83. The van der Waals surface area contributed by atoms with Crippen LogP contribution in [0.3, 0.4) is 0 Å². The first-order chi connectivity index (χ1) is 6.31. The SMILES string of the molecule is C#Cc1ccc2c(C)nccc2c1. The third-order valence-electron chi connectivity index (χ3n) is 2.13. The standard InChI is InChI=1S/C12H9N/c1-3-10-4-5-12-9(2)13-7-6-11(12)8-10/h1,4-8H,2H3. The summed E-state index contributed by atoms with van der Waals surface area (Å²) in [7, 11) is 0. The van der Waals surface area contributed by atoms with Crippen LogP contribution in [0.25, 0.3) is 10.8 Å². The minimum absolute atomic E-state index is 0.915. The number of fused-ring (bicyclic) bond motifs is 1. The van der Waals surface area contributed by atoms with E-state index < -0.39 is 0 Å². The van der Waals surface area contributed by atoms with E-state index in [2.05, 4.69) is 10.9 Å². The molecule has 2 rings (SSSR count). The van der Waals surface area contributed by atoms with Crippen LogP contribution < -0.4 is 0 Å². The van der Waals surface area contributed by atoms with Gasteiger partial charge in [0.15, 0.2) is 0 Å². The first kappa shape index (κ1) is 7.82. The van der Waals surface area contributed by atoms with Crippen LogP contribution in [0.5, 0.6) is 0 Å². The Kier molecular flexibility index (Phi) is 1.75. The van der Waals surface area contributed by atoms with Crippen molar-refractivity contribution in [3.63, 3.8) is 0 Å². The van der Waals surface area contributed by atoms with Crippen LogP contribution >= 0.6 is 0 Å². The lowest BCUT2D eigenvalue weighted by Gasteiger charge is -2.00. The van der Waals surface area contributed by atoms with Crippen molar-refractivity contribution in [3.05, 3.63) is 41.7 Å². The molecule has 0 atom stereocenters. The van der Waals surface area contributed by atoms with Gasteiger partial charge in [-0.2, -0.15) is 0 Å². The smallest absolute Gasteiger partial charge is 0.0450 e. The molecule has 1 heteroatoms. The van der Waals surface area contributed by atoms with Crippen LogP contribution in [-0.4, -0.2) is 4.98 Å². The fourth-order valence-electron chi connectivity index (χ4n) is 1.42. The van der Waals surface area contributed by atoms with Gasteiger partial charge in [0.1, 0.15) is 0 Å². The summed E-state index contributed by atoms with van der Waals surface area (Å²) in [6.07, 6.45) is 7.12. The Bertz CT molecular complexity index is 492. The van der Waals surface area contributed by atoms with Gasteiger partial charge in [0.2, 0.25) is 0 Å². The van der Waals surface area contributed by atoms with Gasteiger partial charge in [-0.3, -0.25) is 4.98 Å². The molecule has 0 saturated heterocycles. The van der Waals surface area contributed by atoms with E-state index in [9.17, 15) is 0 Å². The largest absolute Gasteiger partial charge is 0.261 e. The lowest BCUT2D eigenvalue weighted by molar-refractivity contribution is 1.24. The molecule has 0 unspecified atom stereocenters. The summed E-state index contributed by atoms with van der Waals surface area (Å²) in [6, 6.07) is 7.94. The highest BCUT2D eigenvalue weighted by Gasteiger charge is 1.97. The van der Waals surface area contributed by atoms with E-state index in [4.69, 9.17) is 6.42 Å². The molecule has 0 N–H and O–H groups in total. The van der Waals surface area contributed by atoms with Gasteiger partial charge in [-0.25, -0.2) is 0 Å². The van der Waals surface area contributed by atoms with Crippen molar-refractivity contribution in [2.24, 2.45) is 0 Å². The van der Waals surface area contributed by atoms with Crippen LogP contribution in [0.1, 0.15) is 11.3 Å². The zero-order valence-corrected chi connectivity index (χ0v) is 7.41. The molecule has 0 radical (unpaired) electrons. The van der Waals surface area contributed by atoms with Crippen molar-refractivity contribution in [3.8, 4) is 12.3 Å². The number of hydrogen-bond donors (Lipinski definition) is 0. The molecule has 0 fully saturated rings. The summed E-state index contributed by atoms with van der Waals surface area (Å²) in [5.41, 5.74) is 1.96. The number of aryl methyl sites for hydroxylation is 1. The van der Waals surface area contributed by atoms with Gasteiger partial charge >= 0.3 is 0 Å². The number of terminal acetylenes is 1. The second kappa shape index (κ2) is 2.91. The molecule has 1 aromatic carbocycles. The highest BCUT2D eigenvalue weighted by molar-refractivity contribution is 5.85. The molecule has 0 aliphatic carbocycles. The normalized spacial score (nSPS) is 9.85. The van der Waals surface area contributed by atoms with Crippen molar-refractivity contribution >= 4 is 10.8 Å². The molecule has 62 valence electrons. The van der Waals surface area contributed by atoms with Crippen LogP contribution in [0, 0.1) is 19.3 Å². The van der Waals surface area contributed by atoms with Crippen molar-refractivity contribution in [1.82, 2.24) is 4.98 Å². The first-order valence-corrected chi connectivity index (χ1v) is 4.13. The number of pyridine rings is 1. The van der Waals surface area contributed by atoms with Gasteiger partial charge in [0.05, 0.1) is 0 Å². The molecule has 1 nitrogen and oxygen atoms in total. The Labute approximate surface area is 77.4 Å². The Balaban J connectivity index is 2.82. The summed E-state index contributed by atoms with van der Waals surface area (Å²) in [4.78, 5) is 4.21. The number of aromatic nitrogens is 1. The number of hydrogen-bond acceptors (Lipinski definition) is 1. The van der Waals surface area contributed by atoms with Crippen LogP contribution in [0.15, 0.2) is 30.5 Å². The third-order valence-corrected chi connectivity index (χ3v) is 2.13. The zero-order chi connectivity index (χ0) is 9.26. The van der Waals surface area contributed by atoms with Crippen molar-refractivity contribution in [2.45, 2.75) is 6.92 Å². The van der Waals surface area contributed by atoms with E-state index in [0.29, 0.717) is 0 Å². The number of benzene rings is 1. The predicted molar refractivity (Wildman–Crippen MR) is 54.4 cm³/mol. The molecule has 13 heavy (non-hydrogen) atoms. The van der Waals surface area contributed by atoms with Gasteiger partial charge in [-0.15, -0.1) is 6.42 Å². The Morgan fingerprint density at radius 3 is 2.92 bits per heavy atom. The van der Waals surface area contributed by atoms with Crippen molar-refractivity contribution < 1.29 is 0 Å². The second-order valence-corrected chi connectivity index (χ2v) is 2.98. The molecule has 0 saturated carbocycles.